The van der Waals surface area contributed by atoms with Gasteiger partial charge in [-0.05, 0) is 36.0 Å². The normalized spacial score (nSPS) is 18.1. The molecule has 0 saturated carbocycles. The van der Waals surface area contributed by atoms with Crippen LogP contribution >= 0.6 is 0 Å². The number of nitrogens with one attached hydrogen (secondary N) is 1. The van der Waals surface area contributed by atoms with Gasteiger partial charge in [0.2, 0.25) is 5.91 Å². The van der Waals surface area contributed by atoms with E-state index in [9.17, 15) is 30.0 Å². The number of aliphatic hydroxyl groups excluding tert-OH is 4. The third-order valence-corrected chi connectivity index (χ3v) is 6.07. The van der Waals surface area contributed by atoms with E-state index >= 15 is 0 Å². The molecule has 0 spiro atoms. The van der Waals surface area contributed by atoms with E-state index < -0.39 is 30.4 Å². The van der Waals surface area contributed by atoms with Crippen molar-refractivity contribution in [2.24, 2.45) is 17.8 Å². The Balaban J connectivity index is 2.51. The molecule has 1 aromatic rings. The van der Waals surface area contributed by atoms with Crippen LogP contribution in [0.3, 0.4) is 0 Å². The molecule has 0 bridgehead atoms. The molecule has 1 amide bonds. The molecular weight excluding hydrogens is 462 g/mol. The minimum absolute atomic E-state index is 0.0848. The Morgan fingerprint density at radius 2 is 1.44 bits per heavy atom. The van der Waals surface area contributed by atoms with E-state index in [2.05, 4.69) is 5.32 Å². The van der Waals surface area contributed by atoms with Gasteiger partial charge in [0.05, 0.1) is 30.8 Å². The first-order valence-corrected chi connectivity index (χ1v) is 12.2. The number of allylic oxidation sites excluding steroid dienone is 4. The Hall–Kier alpha value is -2.78. The molecule has 0 aliphatic rings. The summed E-state index contributed by atoms with van der Waals surface area (Å²) in [6.45, 7) is 7.15. The second-order valence-corrected chi connectivity index (χ2v) is 9.48. The zero-order valence-corrected chi connectivity index (χ0v) is 21.5. The number of carboxylic acid groups (broad SMARTS) is 1. The number of rotatable bonds is 15. The zero-order valence-electron chi connectivity index (χ0n) is 21.5. The highest BCUT2D eigenvalue weighted by Crippen LogP contribution is 2.28. The first-order valence-electron chi connectivity index (χ1n) is 12.2. The minimum Gasteiger partial charge on any atom is -0.481 e. The second-order valence-electron chi connectivity index (χ2n) is 9.48. The minimum atomic E-state index is -1.07. The SMILES string of the molecule is CC(=O)Nc1ccc(C(O)CC(O)C(C)CC(C)C(O)C(C)C=CC=CC=CC(O)CC(=O)O)cc1. The quantitative estimate of drug-likeness (QED) is 0.200. The molecule has 0 heterocycles. The lowest BCUT2D eigenvalue weighted by atomic mass is 9.83. The van der Waals surface area contributed by atoms with Gasteiger partial charge in [-0.25, -0.2) is 0 Å². The molecule has 0 aliphatic carbocycles. The molecule has 7 unspecified atom stereocenters. The number of benzene rings is 1. The highest BCUT2D eigenvalue weighted by molar-refractivity contribution is 5.88. The predicted molar refractivity (Wildman–Crippen MR) is 140 cm³/mol. The number of aliphatic hydroxyl groups is 4. The predicted octanol–water partition coefficient (Wildman–Crippen LogP) is 3.59. The Labute approximate surface area is 213 Å². The maximum Gasteiger partial charge on any atom is 0.306 e. The van der Waals surface area contributed by atoms with Crippen LogP contribution in [0.25, 0.3) is 0 Å². The van der Waals surface area contributed by atoms with Crippen LogP contribution in [0, 0.1) is 17.8 Å². The molecule has 200 valence electrons. The largest absolute Gasteiger partial charge is 0.481 e. The van der Waals surface area contributed by atoms with Gasteiger partial charge in [0, 0.05) is 24.9 Å². The first kappa shape index (κ1) is 31.3. The molecule has 0 radical (unpaired) electrons. The highest BCUT2D eigenvalue weighted by Gasteiger charge is 2.26. The van der Waals surface area contributed by atoms with Crippen molar-refractivity contribution in [2.45, 2.75) is 71.4 Å². The summed E-state index contributed by atoms with van der Waals surface area (Å²) in [6.07, 6.45) is 7.14. The van der Waals surface area contributed by atoms with Crippen LogP contribution in [0.4, 0.5) is 5.69 Å². The Kier molecular flexibility index (Phi) is 13.9. The van der Waals surface area contributed by atoms with Crippen LogP contribution in [0.2, 0.25) is 0 Å². The summed E-state index contributed by atoms with van der Waals surface area (Å²) < 4.78 is 0. The molecule has 1 aromatic carbocycles. The number of hydrogen-bond acceptors (Lipinski definition) is 6. The highest BCUT2D eigenvalue weighted by atomic mass is 16.4. The zero-order chi connectivity index (χ0) is 27.3. The fourth-order valence-electron chi connectivity index (χ4n) is 3.91. The molecule has 0 aromatic heterocycles. The molecular formula is C28H41NO7. The lowest BCUT2D eigenvalue weighted by Crippen LogP contribution is -2.29. The van der Waals surface area contributed by atoms with Crippen molar-refractivity contribution in [3.05, 3.63) is 66.3 Å². The van der Waals surface area contributed by atoms with Crippen LogP contribution in [0.1, 0.15) is 58.6 Å². The number of carbonyl (C=O) groups excluding carboxylic acids is 1. The van der Waals surface area contributed by atoms with Gasteiger partial charge >= 0.3 is 5.97 Å². The Morgan fingerprint density at radius 1 is 0.861 bits per heavy atom. The fourth-order valence-corrected chi connectivity index (χ4v) is 3.91. The third kappa shape index (κ3) is 12.3. The van der Waals surface area contributed by atoms with Crippen LogP contribution < -0.4 is 5.32 Å². The van der Waals surface area contributed by atoms with E-state index in [0.717, 1.165) is 0 Å². The monoisotopic (exact) mass is 503 g/mol. The molecule has 7 atom stereocenters. The van der Waals surface area contributed by atoms with E-state index in [4.69, 9.17) is 5.11 Å². The summed E-state index contributed by atoms with van der Waals surface area (Å²) in [5.41, 5.74) is 1.29. The van der Waals surface area contributed by atoms with Crippen molar-refractivity contribution < 1.29 is 35.1 Å². The molecule has 0 fully saturated rings. The van der Waals surface area contributed by atoms with Crippen molar-refractivity contribution in [3.8, 4) is 0 Å². The molecule has 0 aliphatic heterocycles. The van der Waals surface area contributed by atoms with Crippen molar-refractivity contribution in [1.82, 2.24) is 0 Å². The van der Waals surface area contributed by atoms with E-state index in [-0.39, 0.29) is 36.5 Å². The number of carbonyl (C=O) groups is 2. The van der Waals surface area contributed by atoms with Crippen LogP contribution in [0.15, 0.2) is 60.7 Å². The summed E-state index contributed by atoms with van der Waals surface area (Å²) >= 11 is 0. The molecule has 0 saturated heterocycles. The average Bonchev–Trinajstić information content (AvgIpc) is 2.79. The molecule has 8 heteroatoms. The molecule has 36 heavy (non-hydrogen) atoms. The van der Waals surface area contributed by atoms with Gasteiger partial charge in [0.25, 0.3) is 0 Å². The van der Waals surface area contributed by atoms with Gasteiger partial charge < -0.3 is 30.8 Å². The molecule has 8 nitrogen and oxygen atoms in total. The maximum atomic E-state index is 11.1. The maximum absolute atomic E-state index is 11.1. The number of amides is 1. The van der Waals surface area contributed by atoms with E-state index in [1.54, 1.807) is 48.6 Å². The van der Waals surface area contributed by atoms with Crippen molar-refractivity contribution >= 4 is 17.6 Å². The number of hydrogen-bond donors (Lipinski definition) is 6. The summed E-state index contributed by atoms with van der Waals surface area (Å²) in [7, 11) is 0. The second kappa shape index (κ2) is 16.1. The fraction of sp³-hybridized carbons (Fsp3) is 0.500. The first-order chi connectivity index (χ1) is 16.9. The van der Waals surface area contributed by atoms with Crippen LogP contribution in [-0.4, -0.2) is 55.7 Å². The topological polar surface area (TPSA) is 147 Å². The lowest BCUT2D eigenvalue weighted by Gasteiger charge is -2.28. The summed E-state index contributed by atoms with van der Waals surface area (Å²) in [4.78, 5) is 21.6. The van der Waals surface area contributed by atoms with Crippen LogP contribution in [-0.2, 0) is 9.59 Å². The number of carboxylic acids is 1. The van der Waals surface area contributed by atoms with Gasteiger partial charge in [-0.1, -0.05) is 69.4 Å². The number of aliphatic carboxylic acids is 1. The Bertz CT molecular complexity index is 894. The van der Waals surface area contributed by atoms with Crippen molar-refractivity contribution in [2.75, 3.05) is 5.32 Å². The van der Waals surface area contributed by atoms with Crippen molar-refractivity contribution in [1.29, 1.82) is 0 Å². The van der Waals surface area contributed by atoms with E-state index in [1.807, 2.05) is 26.8 Å². The Morgan fingerprint density at radius 3 is 2.00 bits per heavy atom. The van der Waals surface area contributed by atoms with Gasteiger partial charge in [0.1, 0.15) is 0 Å². The van der Waals surface area contributed by atoms with Gasteiger partial charge in [-0.3, -0.25) is 9.59 Å². The van der Waals surface area contributed by atoms with Gasteiger partial charge in [-0.2, -0.15) is 0 Å². The van der Waals surface area contributed by atoms with Gasteiger partial charge in [-0.15, -0.1) is 0 Å². The average molecular weight is 504 g/mol. The summed E-state index contributed by atoms with van der Waals surface area (Å²) in [6, 6.07) is 6.85. The van der Waals surface area contributed by atoms with E-state index in [1.165, 1.54) is 13.0 Å². The van der Waals surface area contributed by atoms with Gasteiger partial charge in [0.15, 0.2) is 0 Å². The summed E-state index contributed by atoms with van der Waals surface area (Å²) in [5, 5.41) is 52.6. The third-order valence-electron chi connectivity index (χ3n) is 6.07. The molecule has 6 N–H and O–H groups in total. The lowest BCUT2D eigenvalue weighted by molar-refractivity contribution is -0.138. The molecule has 1 rings (SSSR count). The van der Waals surface area contributed by atoms with Crippen molar-refractivity contribution in [3.63, 3.8) is 0 Å². The van der Waals surface area contributed by atoms with Crippen LogP contribution in [0.5, 0.6) is 0 Å². The summed E-state index contributed by atoms with van der Waals surface area (Å²) in [5.74, 6) is -1.60. The standard InChI is InChI=1S/C28H41NO7/c1-18(9-7-5-6-8-10-24(31)16-27(34)35)28(36)20(3)15-19(2)25(32)17-26(33)22-11-13-23(14-12-22)29-21(4)30/h5-14,18-20,24-26,28,31-33,36H,15-17H2,1-4H3,(H,29,30)(H,34,35). The number of anilines is 1. The smallest absolute Gasteiger partial charge is 0.306 e. The van der Waals surface area contributed by atoms with E-state index in [0.29, 0.717) is 17.7 Å².